The smallest absolute Gasteiger partial charge is 0.263 e. The number of pyridine rings is 1. The molecule has 0 radical (unpaired) electrons. The lowest BCUT2D eigenvalue weighted by atomic mass is 9.84. The summed E-state index contributed by atoms with van der Waals surface area (Å²) in [5, 5.41) is 34.2. The van der Waals surface area contributed by atoms with E-state index in [-0.39, 0.29) is 37.2 Å². The van der Waals surface area contributed by atoms with Crippen LogP contribution in [0.1, 0.15) is 54.2 Å². The van der Waals surface area contributed by atoms with Gasteiger partial charge >= 0.3 is 0 Å². The van der Waals surface area contributed by atoms with Crippen molar-refractivity contribution in [2.75, 3.05) is 27.3 Å². The van der Waals surface area contributed by atoms with Gasteiger partial charge in [0.2, 0.25) is 5.88 Å². The summed E-state index contributed by atoms with van der Waals surface area (Å²) in [7, 11) is 3.02. The van der Waals surface area contributed by atoms with Crippen LogP contribution in [0.25, 0.3) is 11.1 Å². The third-order valence-corrected chi connectivity index (χ3v) is 7.40. The maximum absolute atomic E-state index is 13.7. The molecule has 1 aliphatic heterocycles. The van der Waals surface area contributed by atoms with Crippen molar-refractivity contribution in [3.8, 4) is 34.3 Å². The van der Waals surface area contributed by atoms with Gasteiger partial charge in [0.05, 0.1) is 36.6 Å². The Labute approximate surface area is 227 Å². The van der Waals surface area contributed by atoms with Crippen molar-refractivity contribution >= 4 is 17.5 Å². The molecule has 3 aromatic rings. The summed E-state index contributed by atoms with van der Waals surface area (Å²) in [5.41, 5.74) is 0.528. The van der Waals surface area contributed by atoms with Gasteiger partial charge in [0.25, 0.3) is 5.91 Å². The lowest BCUT2D eigenvalue weighted by molar-refractivity contribution is -0.0212. The lowest BCUT2D eigenvalue weighted by Crippen LogP contribution is -2.45. The number of aliphatic hydroxyl groups is 1. The van der Waals surface area contributed by atoms with Gasteiger partial charge in [-0.2, -0.15) is 0 Å². The fourth-order valence-corrected chi connectivity index (χ4v) is 5.10. The van der Waals surface area contributed by atoms with Gasteiger partial charge in [-0.25, -0.2) is 4.98 Å². The highest BCUT2D eigenvalue weighted by atomic mass is 35.5. The van der Waals surface area contributed by atoms with E-state index in [0.29, 0.717) is 39.8 Å². The first-order valence-corrected chi connectivity index (χ1v) is 13.1. The SMILES string of the molecule is CCCCc1nc(O)c(C(=O)N2CCC(O)(c3ccc(Cl)cc3)CC2)c(O)c1-c1c(OC)cccc1OC. The Hall–Kier alpha value is -3.49. The van der Waals surface area contributed by atoms with Crippen molar-refractivity contribution in [3.63, 3.8) is 0 Å². The zero-order valence-electron chi connectivity index (χ0n) is 21.8. The van der Waals surface area contributed by atoms with Gasteiger partial charge in [-0.1, -0.05) is 43.1 Å². The van der Waals surface area contributed by atoms with Gasteiger partial charge < -0.3 is 29.7 Å². The maximum Gasteiger partial charge on any atom is 0.263 e. The summed E-state index contributed by atoms with van der Waals surface area (Å²) in [5.74, 6) is -0.601. The predicted octanol–water partition coefficient (Wildman–Crippen LogP) is 5.30. The summed E-state index contributed by atoms with van der Waals surface area (Å²) in [6.45, 7) is 2.48. The summed E-state index contributed by atoms with van der Waals surface area (Å²) in [4.78, 5) is 19.5. The number of methoxy groups -OCH3 is 2. The number of carbonyl (C=O) groups excluding carboxylic acids is 1. The number of unbranched alkanes of at least 4 members (excludes halogenated alkanes) is 1. The number of aryl methyl sites for hydroxylation is 1. The molecule has 202 valence electrons. The van der Waals surface area contributed by atoms with E-state index in [2.05, 4.69) is 4.98 Å². The number of hydrogen-bond donors (Lipinski definition) is 3. The van der Waals surface area contributed by atoms with Crippen LogP contribution in [0.5, 0.6) is 23.1 Å². The molecule has 4 rings (SSSR count). The van der Waals surface area contributed by atoms with E-state index in [1.54, 1.807) is 42.5 Å². The second-order valence-electron chi connectivity index (χ2n) is 9.45. The van der Waals surface area contributed by atoms with E-state index in [1.807, 2.05) is 6.92 Å². The predicted molar refractivity (Wildman–Crippen MR) is 145 cm³/mol. The number of ether oxygens (including phenoxy) is 2. The minimum Gasteiger partial charge on any atom is -0.506 e. The molecule has 0 unspecified atom stereocenters. The number of piperidine rings is 1. The van der Waals surface area contributed by atoms with Crippen molar-refractivity contribution in [2.45, 2.75) is 44.6 Å². The second-order valence-corrected chi connectivity index (χ2v) is 9.89. The largest absolute Gasteiger partial charge is 0.506 e. The van der Waals surface area contributed by atoms with E-state index in [1.165, 1.54) is 19.1 Å². The highest BCUT2D eigenvalue weighted by Crippen LogP contribution is 2.47. The van der Waals surface area contributed by atoms with Crippen LogP contribution >= 0.6 is 11.6 Å². The van der Waals surface area contributed by atoms with Crippen LogP contribution < -0.4 is 9.47 Å². The van der Waals surface area contributed by atoms with E-state index >= 15 is 0 Å². The van der Waals surface area contributed by atoms with E-state index in [0.717, 1.165) is 18.4 Å². The molecule has 8 nitrogen and oxygen atoms in total. The molecule has 0 spiro atoms. The number of likely N-dealkylation sites (tertiary alicyclic amines) is 1. The minimum absolute atomic E-state index is 0.224. The molecule has 1 fully saturated rings. The molecular weight excluding hydrogens is 508 g/mol. The number of aromatic nitrogens is 1. The van der Waals surface area contributed by atoms with Gasteiger partial charge in [0.1, 0.15) is 22.8 Å². The average Bonchev–Trinajstić information content (AvgIpc) is 2.92. The van der Waals surface area contributed by atoms with E-state index < -0.39 is 17.4 Å². The molecule has 0 atom stereocenters. The molecule has 0 aliphatic carbocycles. The van der Waals surface area contributed by atoms with E-state index in [9.17, 15) is 20.1 Å². The van der Waals surface area contributed by atoms with Gasteiger partial charge in [-0.05, 0) is 55.5 Å². The van der Waals surface area contributed by atoms with Crippen molar-refractivity contribution in [2.24, 2.45) is 0 Å². The first-order chi connectivity index (χ1) is 18.2. The third-order valence-electron chi connectivity index (χ3n) is 7.14. The molecule has 0 bridgehead atoms. The highest BCUT2D eigenvalue weighted by molar-refractivity contribution is 6.30. The van der Waals surface area contributed by atoms with Gasteiger partial charge in [0, 0.05) is 18.1 Å². The number of carbonyl (C=O) groups is 1. The van der Waals surface area contributed by atoms with E-state index in [4.69, 9.17) is 21.1 Å². The van der Waals surface area contributed by atoms with Crippen LogP contribution in [-0.2, 0) is 12.0 Å². The Kier molecular flexibility index (Phi) is 8.33. The molecular formula is C29H33ClN2O6. The molecule has 2 aromatic carbocycles. The third kappa shape index (κ3) is 5.24. The van der Waals surface area contributed by atoms with Crippen molar-refractivity contribution in [1.82, 2.24) is 9.88 Å². The monoisotopic (exact) mass is 540 g/mol. The molecule has 1 saturated heterocycles. The Bertz CT molecular complexity index is 1280. The zero-order valence-corrected chi connectivity index (χ0v) is 22.6. The fraction of sp³-hybridized carbons (Fsp3) is 0.379. The van der Waals surface area contributed by atoms with Crippen molar-refractivity contribution in [3.05, 3.63) is 64.3 Å². The quantitative estimate of drug-likeness (QED) is 0.355. The normalized spacial score (nSPS) is 14.8. The van der Waals surface area contributed by atoms with Crippen LogP contribution in [-0.4, -0.2) is 58.4 Å². The van der Waals surface area contributed by atoms with Crippen LogP contribution in [0.15, 0.2) is 42.5 Å². The summed E-state index contributed by atoms with van der Waals surface area (Å²) in [6, 6.07) is 12.2. The first kappa shape index (κ1) is 27.5. The second kappa shape index (κ2) is 11.5. The first-order valence-electron chi connectivity index (χ1n) is 12.7. The summed E-state index contributed by atoms with van der Waals surface area (Å²) in [6.07, 6.45) is 2.68. The average molecular weight is 541 g/mol. The lowest BCUT2D eigenvalue weighted by Gasteiger charge is -2.38. The highest BCUT2D eigenvalue weighted by Gasteiger charge is 2.38. The number of halogens is 1. The van der Waals surface area contributed by atoms with Gasteiger partial charge in [0.15, 0.2) is 0 Å². The minimum atomic E-state index is -1.11. The van der Waals surface area contributed by atoms with Gasteiger partial charge in [-0.3, -0.25) is 4.79 Å². The Morgan fingerprint density at radius 1 is 1.03 bits per heavy atom. The van der Waals surface area contributed by atoms with Crippen LogP contribution in [0.4, 0.5) is 0 Å². The molecule has 1 aliphatic rings. The molecule has 3 N–H and O–H groups in total. The maximum atomic E-state index is 13.7. The summed E-state index contributed by atoms with van der Waals surface area (Å²) >= 11 is 5.99. The van der Waals surface area contributed by atoms with Crippen LogP contribution in [0.2, 0.25) is 5.02 Å². The number of amides is 1. The topological polar surface area (TPSA) is 112 Å². The number of hydrogen-bond acceptors (Lipinski definition) is 7. The van der Waals surface area contributed by atoms with Crippen LogP contribution in [0, 0.1) is 0 Å². The summed E-state index contributed by atoms with van der Waals surface area (Å²) < 4.78 is 11.1. The number of benzene rings is 2. The molecule has 1 amide bonds. The van der Waals surface area contributed by atoms with Crippen molar-refractivity contribution < 1.29 is 29.6 Å². The Morgan fingerprint density at radius 2 is 1.63 bits per heavy atom. The molecule has 38 heavy (non-hydrogen) atoms. The number of nitrogens with zero attached hydrogens (tertiary/aromatic N) is 2. The Balaban J connectivity index is 1.73. The molecule has 2 heterocycles. The number of aromatic hydroxyl groups is 2. The molecule has 9 heteroatoms. The zero-order chi connectivity index (χ0) is 27.4. The standard InChI is InChI=1S/C29H33ClN2O6/c1-4-5-7-20-23(24-21(37-2)8-6-9-22(24)38-3)26(33)25(27(34)31-20)28(35)32-16-14-29(36,15-17-32)18-10-12-19(30)13-11-18/h6,8-13,36H,4-5,7,14-17H2,1-3H3,(H2,31,33,34). The number of rotatable bonds is 8. The van der Waals surface area contributed by atoms with Crippen molar-refractivity contribution in [1.29, 1.82) is 0 Å². The Morgan fingerprint density at radius 3 is 2.18 bits per heavy atom. The van der Waals surface area contributed by atoms with Crippen LogP contribution in [0.3, 0.4) is 0 Å². The fourth-order valence-electron chi connectivity index (χ4n) is 4.98. The van der Waals surface area contributed by atoms with Gasteiger partial charge in [-0.15, -0.1) is 0 Å². The molecule has 1 aromatic heterocycles. The molecule has 0 saturated carbocycles.